The van der Waals surface area contributed by atoms with Crippen molar-refractivity contribution in [3.05, 3.63) is 87.9 Å². The highest BCUT2D eigenvalue weighted by Crippen LogP contribution is 2.30. The van der Waals surface area contributed by atoms with Gasteiger partial charge in [0.2, 0.25) is 0 Å². The Balaban J connectivity index is 1.71. The van der Waals surface area contributed by atoms with Gasteiger partial charge in [0, 0.05) is 15.7 Å². The van der Waals surface area contributed by atoms with Crippen molar-refractivity contribution < 1.29 is 0 Å². The SMILES string of the molecule is Cc1ccc(NC(Cn2nnc3ccccc32)c2ccc(Cl)cc2Cl)cc1. The summed E-state index contributed by atoms with van der Waals surface area (Å²) in [6, 6.07) is 21.7. The first-order valence-electron chi connectivity index (χ1n) is 8.66. The minimum atomic E-state index is -0.0948. The van der Waals surface area contributed by atoms with Gasteiger partial charge < -0.3 is 5.32 Å². The zero-order valence-electron chi connectivity index (χ0n) is 14.7. The molecule has 4 aromatic rings. The minimum absolute atomic E-state index is 0.0948. The summed E-state index contributed by atoms with van der Waals surface area (Å²) in [6.45, 7) is 2.65. The molecule has 0 fully saturated rings. The zero-order chi connectivity index (χ0) is 18.8. The van der Waals surface area contributed by atoms with E-state index in [1.165, 1.54) is 5.56 Å². The van der Waals surface area contributed by atoms with Gasteiger partial charge >= 0.3 is 0 Å². The van der Waals surface area contributed by atoms with Crippen LogP contribution in [0.5, 0.6) is 0 Å². The molecule has 136 valence electrons. The van der Waals surface area contributed by atoms with Crippen LogP contribution in [-0.2, 0) is 6.54 Å². The molecule has 4 nitrogen and oxygen atoms in total. The fourth-order valence-electron chi connectivity index (χ4n) is 3.08. The summed E-state index contributed by atoms with van der Waals surface area (Å²) in [5, 5.41) is 13.4. The number of nitrogens with one attached hydrogen (secondary N) is 1. The molecule has 0 bridgehead atoms. The van der Waals surface area contributed by atoms with E-state index in [-0.39, 0.29) is 6.04 Å². The normalized spacial score (nSPS) is 12.3. The number of rotatable bonds is 5. The van der Waals surface area contributed by atoms with E-state index < -0.39 is 0 Å². The second kappa shape index (κ2) is 7.59. The highest BCUT2D eigenvalue weighted by molar-refractivity contribution is 6.35. The van der Waals surface area contributed by atoms with Gasteiger partial charge in [-0.25, -0.2) is 4.68 Å². The Morgan fingerprint density at radius 3 is 2.56 bits per heavy atom. The molecular formula is C21H18Cl2N4. The lowest BCUT2D eigenvalue weighted by molar-refractivity contribution is 0.548. The smallest absolute Gasteiger partial charge is 0.113 e. The van der Waals surface area contributed by atoms with Gasteiger partial charge in [0.05, 0.1) is 18.1 Å². The molecule has 0 saturated carbocycles. The van der Waals surface area contributed by atoms with Gasteiger partial charge in [-0.1, -0.05) is 64.3 Å². The van der Waals surface area contributed by atoms with Gasteiger partial charge in [-0.15, -0.1) is 5.10 Å². The molecule has 1 unspecified atom stereocenters. The third-order valence-electron chi connectivity index (χ3n) is 4.51. The van der Waals surface area contributed by atoms with Crippen LogP contribution in [0.3, 0.4) is 0 Å². The Morgan fingerprint density at radius 1 is 1.00 bits per heavy atom. The standard InChI is InChI=1S/C21H18Cl2N4/c1-14-6-9-16(10-7-14)24-20(17-11-8-15(22)12-18(17)23)13-27-21-5-3-2-4-19(21)25-26-27/h2-12,20,24H,13H2,1H3. The van der Waals surface area contributed by atoms with Crippen LogP contribution in [0.2, 0.25) is 10.0 Å². The number of hydrogen-bond acceptors (Lipinski definition) is 3. The van der Waals surface area contributed by atoms with Gasteiger partial charge in [-0.05, 0) is 48.9 Å². The van der Waals surface area contributed by atoms with Gasteiger partial charge in [0.25, 0.3) is 0 Å². The summed E-state index contributed by atoms with van der Waals surface area (Å²) in [5.41, 5.74) is 5.04. The molecular weight excluding hydrogens is 379 g/mol. The molecule has 1 atom stereocenters. The average Bonchev–Trinajstić information content (AvgIpc) is 3.06. The Morgan fingerprint density at radius 2 is 1.78 bits per heavy atom. The lowest BCUT2D eigenvalue weighted by Gasteiger charge is -2.22. The van der Waals surface area contributed by atoms with E-state index in [1.807, 2.05) is 41.1 Å². The third-order valence-corrected chi connectivity index (χ3v) is 5.07. The number of para-hydroxylation sites is 1. The second-order valence-corrected chi connectivity index (χ2v) is 7.33. The topological polar surface area (TPSA) is 42.7 Å². The Kier molecular flexibility index (Phi) is 5.01. The van der Waals surface area contributed by atoms with E-state index in [4.69, 9.17) is 23.2 Å². The summed E-state index contributed by atoms with van der Waals surface area (Å²) >= 11 is 12.6. The minimum Gasteiger partial charge on any atom is -0.376 e. The first kappa shape index (κ1) is 17.8. The molecule has 0 spiro atoms. The van der Waals surface area contributed by atoms with Crippen molar-refractivity contribution in [2.75, 3.05) is 5.32 Å². The summed E-state index contributed by atoms with van der Waals surface area (Å²) in [4.78, 5) is 0. The molecule has 1 heterocycles. The van der Waals surface area contributed by atoms with Crippen molar-refractivity contribution in [2.45, 2.75) is 19.5 Å². The van der Waals surface area contributed by atoms with Crippen LogP contribution >= 0.6 is 23.2 Å². The molecule has 1 N–H and O–H groups in total. The van der Waals surface area contributed by atoms with Crippen molar-refractivity contribution in [3.63, 3.8) is 0 Å². The quantitative estimate of drug-likeness (QED) is 0.456. The maximum atomic E-state index is 6.50. The number of aryl methyl sites for hydroxylation is 1. The van der Waals surface area contributed by atoms with Crippen LogP contribution < -0.4 is 5.32 Å². The number of fused-ring (bicyclic) bond motifs is 1. The Bertz CT molecular complexity index is 1070. The predicted octanol–water partition coefficient (Wildman–Crippen LogP) is 5.90. The lowest BCUT2D eigenvalue weighted by atomic mass is 10.1. The highest BCUT2D eigenvalue weighted by atomic mass is 35.5. The summed E-state index contributed by atoms with van der Waals surface area (Å²) in [5.74, 6) is 0. The van der Waals surface area contributed by atoms with Crippen molar-refractivity contribution in [3.8, 4) is 0 Å². The molecule has 4 rings (SSSR count). The molecule has 0 aliphatic heterocycles. The van der Waals surface area contributed by atoms with E-state index in [9.17, 15) is 0 Å². The molecule has 3 aromatic carbocycles. The molecule has 27 heavy (non-hydrogen) atoms. The van der Waals surface area contributed by atoms with E-state index in [0.717, 1.165) is 22.3 Å². The molecule has 6 heteroatoms. The van der Waals surface area contributed by atoms with Crippen LogP contribution in [-0.4, -0.2) is 15.0 Å². The first-order chi connectivity index (χ1) is 13.1. The molecule has 1 aromatic heterocycles. The number of halogens is 2. The largest absolute Gasteiger partial charge is 0.376 e. The molecule has 0 aliphatic carbocycles. The maximum absolute atomic E-state index is 6.50. The van der Waals surface area contributed by atoms with E-state index in [0.29, 0.717) is 16.6 Å². The van der Waals surface area contributed by atoms with Gasteiger partial charge in [0.15, 0.2) is 0 Å². The molecule has 0 aliphatic rings. The number of benzene rings is 3. The summed E-state index contributed by atoms with van der Waals surface area (Å²) in [6.07, 6.45) is 0. The number of nitrogens with zero attached hydrogens (tertiary/aromatic N) is 3. The molecule has 0 saturated heterocycles. The molecule has 0 amide bonds. The van der Waals surface area contributed by atoms with Gasteiger partial charge in [-0.2, -0.15) is 0 Å². The second-order valence-electron chi connectivity index (χ2n) is 6.49. The van der Waals surface area contributed by atoms with Crippen molar-refractivity contribution in [1.82, 2.24) is 15.0 Å². The van der Waals surface area contributed by atoms with Crippen LogP contribution in [0.15, 0.2) is 66.7 Å². The van der Waals surface area contributed by atoms with Crippen molar-refractivity contribution in [1.29, 1.82) is 0 Å². The Labute approximate surface area is 167 Å². The Hall–Kier alpha value is -2.56. The highest BCUT2D eigenvalue weighted by Gasteiger charge is 2.18. The first-order valence-corrected chi connectivity index (χ1v) is 9.42. The third kappa shape index (κ3) is 3.92. The van der Waals surface area contributed by atoms with Crippen LogP contribution in [0.1, 0.15) is 17.2 Å². The monoisotopic (exact) mass is 396 g/mol. The zero-order valence-corrected chi connectivity index (χ0v) is 16.2. The van der Waals surface area contributed by atoms with Crippen molar-refractivity contribution >= 4 is 39.9 Å². The summed E-state index contributed by atoms with van der Waals surface area (Å²) < 4.78 is 1.89. The maximum Gasteiger partial charge on any atom is 0.113 e. The van der Waals surface area contributed by atoms with Crippen LogP contribution in [0.4, 0.5) is 5.69 Å². The number of hydrogen-bond donors (Lipinski definition) is 1. The summed E-state index contributed by atoms with van der Waals surface area (Å²) in [7, 11) is 0. The van der Waals surface area contributed by atoms with Crippen LogP contribution in [0.25, 0.3) is 11.0 Å². The predicted molar refractivity (Wildman–Crippen MR) is 112 cm³/mol. The van der Waals surface area contributed by atoms with E-state index in [1.54, 1.807) is 6.07 Å². The van der Waals surface area contributed by atoms with E-state index >= 15 is 0 Å². The van der Waals surface area contributed by atoms with Crippen molar-refractivity contribution in [2.24, 2.45) is 0 Å². The number of anilines is 1. The van der Waals surface area contributed by atoms with Crippen LogP contribution in [0, 0.1) is 6.92 Å². The molecule has 0 radical (unpaired) electrons. The average molecular weight is 397 g/mol. The lowest BCUT2D eigenvalue weighted by Crippen LogP contribution is -2.19. The number of aromatic nitrogens is 3. The fourth-order valence-corrected chi connectivity index (χ4v) is 3.62. The fraction of sp³-hybridized carbons (Fsp3) is 0.143. The van der Waals surface area contributed by atoms with Gasteiger partial charge in [0.1, 0.15) is 5.52 Å². The van der Waals surface area contributed by atoms with E-state index in [2.05, 4.69) is 46.8 Å². The van der Waals surface area contributed by atoms with Gasteiger partial charge in [-0.3, -0.25) is 0 Å².